The molecule has 0 bridgehead atoms. The second-order valence-electron chi connectivity index (χ2n) is 8.02. The van der Waals surface area contributed by atoms with Crippen LogP contribution in [-0.2, 0) is 6.42 Å². The lowest BCUT2D eigenvalue weighted by atomic mass is 10.0. The van der Waals surface area contributed by atoms with Gasteiger partial charge in [-0.15, -0.1) is 0 Å². The van der Waals surface area contributed by atoms with E-state index in [-0.39, 0.29) is 0 Å². The van der Waals surface area contributed by atoms with E-state index in [9.17, 15) is 0 Å². The van der Waals surface area contributed by atoms with Crippen LogP contribution in [0.25, 0.3) is 0 Å². The summed E-state index contributed by atoms with van der Waals surface area (Å²) in [7, 11) is 1.64. The number of rotatable bonds is 18. The van der Waals surface area contributed by atoms with Crippen molar-refractivity contribution in [2.24, 2.45) is 5.16 Å². The Labute approximate surface area is 173 Å². The molecule has 1 aromatic carbocycles. The Bertz CT molecular complexity index is 513. The van der Waals surface area contributed by atoms with Crippen LogP contribution in [0.3, 0.4) is 0 Å². The molecule has 0 aliphatic carbocycles. The smallest absolute Gasteiger partial charge is 0.127 e. The molecular formula is C25H43NO2. The summed E-state index contributed by atoms with van der Waals surface area (Å²) < 4.78 is 5.28. The second-order valence-corrected chi connectivity index (χ2v) is 8.02. The maximum atomic E-state index is 8.76. The van der Waals surface area contributed by atoms with Crippen LogP contribution >= 0.6 is 0 Å². The molecule has 0 aliphatic heterocycles. The monoisotopic (exact) mass is 389 g/mol. The number of hydrogen-bond donors (Lipinski definition) is 1. The van der Waals surface area contributed by atoms with Crippen molar-refractivity contribution in [3.63, 3.8) is 0 Å². The Kier molecular flexibility index (Phi) is 15.4. The minimum absolute atomic E-state index is 0.748. The normalized spacial score (nSPS) is 11.4. The van der Waals surface area contributed by atoms with E-state index in [1.807, 2.05) is 6.07 Å². The molecule has 0 saturated carbocycles. The van der Waals surface area contributed by atoms with Gasteiger partial charge in [0.2, 0.25) is 0 Å². The van der Waals surface area contributed by atoms with Crippen LogP contribution < -0.4 is 4.74 Å². The fourth-order valence-electron chi connectivity index (χ4n) is 3.80. The Morgan fingerprint density at radius 3 is 1.75 bits per heavy atom. The maximum Gasteiger partial charge on any atom is 0.127 e. The number of nitrogens with zero attached hydrogens (tertiary/aromatic N) is 1. The summed E-state index contributed by atoms with van der Waals surface area (Å²) in [6.45, 7) is 2.28. The summed E-state index contributed by atoms with van der Waals surface area (Å²) in [5.74, 6) is 0.748. The molecule has 0 aromatic heterocycles. The van der Waals surface area contributed by atoms with E-state index >= 15 is 0 Å². The Balaban J connectivity index is 1.95. The standard InChI is InChI=1S/C25H43NO2/c1-3-4-5-6-7-8-9-10-11-12-13-14-15-16-17-18-23-19-20-25(28-2)24(21-23)22-26-27/h19-22,27H,3-18H2,1-2H3/b26-22-. The van der Waals surface area contributed by atoms with E-state index in [1.54, 1.807) is 7.11 Å². The molecule has 0 atom stereocenters. The van der Waals surface area contributed by atoms with Crippen molar-refractivity contribution in [3.05, 3.63) is 29.3 Å². The molecule has 0 saturated heterocycles. The lowest BCUT2D eigenvalue weighted by Gasteiger charge is -2.07. The molecule has 0 fully saturated rings. The molecule has 0 amide bonds. The average Bonchev–Trinajstić information content (AvgIpc) is 2.71. The zero-order chi connectivity index (χ0) is 20.3. The van der Waals surface area contributed by atoms with Gasteiger partial charge in [0.1, 0.15) is 5.75 Å². The minimum Gasteiger partial charge on any atom is -0.496 e. The van der Waals surface area contributed by atoms with Gasteiger partial charge in [-0.3, -0.25) is 0 Å². The fraction of sp³-hybridized carbons (Fsp3) is 0.720. The highest BCUT2D eigenvalue weighted by Gasteiger charge is 2.03. The second kappa shape index (κ2) is 17.6. The molecule has 0 unspecified atom stereocenters. The number of unbranched alkanes of at least 4 members (excludes halogenated alkanes) is 14. The van der Waals surface area contributed by atoms with Crippen molar-refractivity contribution in [2.45, 2.75) is 110 Å². The molecule has 3 nitrogen and oxygen atoms in total. The van der Waals surface area contributed by atoms with Gasteiger partial charge in [-0.1, -0.05) is 108 Å². The first kappa shape index (κ1) is 24.5. The molecule has 28 heavy (non-hydrogen) atoms. The highest BCUT2D eigenvalue weighted by Crippen LogP contribution is 2.20. The molecule has 3 heteroatoms. The molecule has 0 radical (unpaired) electrons. The molecule has 1 N–H and O–H groups in total. The van der Waals surface area contributed by atoms with E-state index in [1.165, 1.54) is 108 Å². The molecule has 0 spiro atoms. The highest BCUT2D eigenvalue weighted by atomic mass is 16.5. The van der Waals surface area contributed by atoms with Crippen molar-refractivity contribution in [1.82, 2.24) is 0 Å². The van der Waals surface area contributed by atoms with E-state index in [2.05, 4.69) is 24.2 Å². The van der Waals surface area contributed by atoms with Crippen molar-refractivity contribution in [3.8, 4) is 5.75 Å². The Morgan fingerprint density at radius 1 is 0.786 bits per heavy atom. The summed E-state index contributed by atoms with van der Waals surface area (Å²) in [5.41, 5.74) is 2.12. The van der Waals surface area contributed by atoms with E-state index in [0.717, 1.165) is 17.7 Å². The summed E-state index contributed by atoms with van der Waals surface area (Å²) in [5, 5.41) is 11.9. The summed E-state index contributed by atoms with van der Waals surface area (Å²) in [6, 6.07) is 6.12. The SMILES string of the molecule is CCCCCCCCCCCCCCCCCc1ccc(OC)c(/C=N\O)c1. The van der Waals surface area contributed by atoms with Crippen molar-refractivity contribution >= 4 is 6.21 Å². The maximum absolute atomic E-state index is 8.76. The van der Waals surface area contributed by atoms with Crippen molar-refractivity contribution in [1.29, 1.82) is 0 Å². The van der Waals surface area contributed by atoms with Gasteiger partial charge >= 0.3 is 0 Å². The van der Waals surface area contributed by atoms with Crippen molar-refractivity contribution in [2.75, 3.05) is 7.11 Å². The fourth-order valence-corrected chi connectivity index (χ4v) is 3.80. The minimum atomic E-state index is 0.748. The number of hydrogen-bond acceptors (Lipinski definition) is 3. The number of aryl methyl sites for hydroxylation is 1. The molecule has 1 aromatic rings. The van der Waals surface area contributed by atoms with Crippen LogP contribution in [0, 0.1) is 0 Å². The molecule has 0 heterocycles. The number of benzene rings is 1. The third-order valence-corrected chi connectivity index (χ3v) is 5.56. The molecule has 160 valence electrons. The summed E-state index contributed by atoms with van der Waals surface area (Å²) >= 11 is 0. The zero-order valence-electron chi connectivity index (χ0n) is 18.4. The Morgan fingerprint density at radius 2 is 1.29 bits per heavy atom. The van der Waals surface area contributed by atoms with Gasteiger partial charge in [0.25, 0.3) is 0 Å². The predicted molar refractivity (Wildman–Crippen MR) is 121 cm³/mol. The van der Waals surface area contributed by atoms with Crippen molar-refractivity contribution < 1.29 is 9.94 Å². The van der Waals surface area contributed by atoms with Gasteiger partial charge in [-0.25, -0.2) is 0 Å². The molecule has 0 aliphatic rings. The summed E-state index contributed by atoms with van der Waals surface area (Å²) in [4.78, 5) is 0. The third kappa shape index (κ3) is 12.0. The number of ether oxygens (including phenoxy) is 1. The van der Waals surface area contributed by atoms with Crippen LogP contribution in [0.2, 0.25) is 0 Å². The lowest BCUT2D eigenvalue weighted by molar-refractivity contribution is 0.321. The van der Waals surface area contributed by atoms with Gasteiger partial charge in [0.05, 0.1) is 13.3 Å². The topological polar surface area (TPSA) is 41.8 Å². The Hall–Kier alpha value is -1.51. The molecule has 1 rings (SSSR count). The first-order valence-corrected chi connectivity index (χ1v) is 11.7. The summed E-state index contributed by atoms with van der Waals surface area (Å²) in [6.07, 6.45) is 23.4. The zero-order valence-corrected chi connectivity index (χ0v) is 18.4. The van der Waals surface area contributed by atoms with Gasteiger partial charge in [0.15, 0.2) is 0 Å². The van der Waals surface area contributed by atoms with Gasteiger partial charge in [-0.2, -0.15) is 0 Å². The highest BCUT2D eigenvalue weighted by molar-refractivity contribution is 5.83. The van der Waals surface area contributed by atoms with Crippen LogP contribution in [-0.4, -0.2) is 18.5 Å². The van der Waals surface area contributed by atoms with E-state index in [0.29, 0.717) is 0 Å². The van der Waals surface area contributed by atoms with Crippen LogP contribution in [0.4, 0.5) is 0 Å². The van der Waals surface area contributed by atoms with Crippen LogP contribution in [0.1, 0.15) is 114 Å². The van der Waals surface area contributed by atoms with Crippen LogP contribution in [0.15, 0.2) is 23.4 Å². The number of methoxy groups -OCH3 is 1. The largest absolute Gasteiger partial charge is 0.496 e. The lowest BCUT2D eigenvalue weighted by Crippen LogP contribution is -1.94. The molecular weight excluding hydrogens is 346 g/mol. The van der Waals surface area contributed by atoms with Gasteiger partial charge in [0, 0.05) is 5.56 Å². The average molecular weight is 390 g/mol. The quantitative estimate of drug-likeness (QED) is 0.120. The van der Waals surface area contributed by atoms with E-state index < -0.39 is 0 Å². The third-order valence-electron chi connectivity index (χ3n) is 5.56. The predicted octanol–water partition coefficient (Wildman–Crippen LogP) is 7.92. The van der Waals surface area contributed by atoms with Gasteiger partial charge < -0.3 is 9.94 Å². The van der Waals surface area contributed by atoms with E-state index in [4.69, 9.17) is 9.94 Å². The first-order valence-electron chi connectivity index (χ1n) is 11.7. The first-order chi connectivity index (χ1) is 13.8. The van der Waals surface area contributed by atoms with Crippen LogP contribution in [0.5, 0.6) is 5.75 Å². The number of oxime groups is 1. The van der Waals surface area contributed by atoms with Gasteiger partial charge in [-0.05, 0) is 30.5 Å².